The number of carbonyl (C=O) groups is 1. The van der Waals surface area contributed by atoms with Gasteiger partial charge in [-0.2, -0.15) is 5.10 Å². The van der Waals surface area contributed by atoms with Gasteiger partial charge in [0, 0.05) is 6.54 Å². The molecule has 2 aromatic rings. The molecule has 0 aliphatic carbocycles. The molecule has 0 spiro atoms. The molecule has 0 aliphatic rings. The van der Waals surface area contributed by atoms with E-state index in [1.807, 2.05) is 30.0 Å². The van der Waals surface area contributed by atoms with Crippen LogP contribution in [0.4, 0.5) is 0 Å². The maximum atomic E-state index is 12.5. The highest BCUT2D eigenvalue weighted by molar-refractivity contribution is 7.12. The Balaban J connectivity index is 2.30. The summed E-state index contributed by atoms with van der Waals surface area (Å²) in [4.78, 5) is 13.3. The summed E-state index contributed by atoms with van der Waals surface area (Å²) < 4.78 is 1.85. The van der Waals surface area contributed by atoms with Gasteiger partial charge in [0.05, 0.1) is 27.7 Å². The quantitative estimate of drug-likeness (QED) is 0.751. The molecule has 0 bridgehead atoms. The van der Waals surface area contributed by atoms with E-state index < -0.39 is 0 Å². The van der Waals surface area contributed by atoms with Crippen LogP contribution in [-0.4, -0.2) is 15.6 Å². The summed E-state index contributed by atoms with van der Waals surface area (Å²) in [6.07, 6.45) is 1.99. The van der Waals surface area contributed by atoms with E-state index in [1.165, 1.54) is 11.3 Å². The SMILES string of the molecule is CCc1ccsc1C(=O)Cc1c(Cl)c(CC)nn1CC. The number of aromatic nitrogens is 2. The number of Topliss-reactive ketones (excluding diaryl/α,β-unsaturated/α-hetero) is 1. The molecule has 0 aliphatic heterocycles. The van der Waals surface area contributed by atoms with E-state index in [0.29, 0.717) is 11.4 Å². The zero-order valence-corrected chi connectivity index (χ0v) is 13.6. The number of hydrogen-bond donors (Lipinski definition) is 0. The van der Waals surface area contributed by atoms with E-state index >= 15 is 0 Å². The van der Waals surface area contributed by atoms with Crippen LogP contribution >= 0.6 is 22.9 Å². The molecule has 0 saturated carbocycles. The van der Waals surface area contributed by atoms with E-state index in [1.54, 1.807) is 0 Å². The summed E-state index contributed by atoms with van der Waals surface area (Å²) in [6, 6.07) is 2.02. The van der Waals surface area contributed by atoms with Crippen molar-refractivity contribution in [3.8, 4) is 0 Å². The number of ketones is 1. The van der Waals surface area contributed by atoms with Gasteiger partial charge in [0.25, 0.3) is 0 Å². The number of nitrogens with zero attached hydrogens (tertiary/aromatic N) is 2. The van der Waals surface area contributed by atoms with Gasteiger partial charge in [0.15, 0.2) is 5.78 Å². The largest absolute Gasteiger partial charge is 0.293 e. The Morgan fingerprint density at radius 1 is 1.35 bits per heavy atom. The van der Waals surface area contributed by atoms with Crippen LogP contribution in [0.3, 0.4) is 0 Å². The Kier molecular flexibility index (Phi) is 5.00. The van der Waals surface area contributed by atoms with Gasteiger partial charge >= 0.3 is 0 Å². The van der Waals surface area contributed by atoms with Crippen molar-refractivity contribution in [3.05, 3.63) is 38.3 Å². The maximum absolute atomic E-state index is 12.5. The maximum Gasteiger partial charge on any atom is 0.179 e. The first-order valence-corrected chi connectivity index (χ1v) is 8.21. The second kappa shape index (κ2) is 6.55. The van der Waals surface area contributed by atoms with Crippen molar-refractivity contribution in [2.45, 2.75) is 46.6 Å². The van der Waals surface area contributed by atoms with Crippen LogP contribution in [0.5, 0.6) is 0 Å². The van der Waals surface area contributed by atoms with Gasteiger partial charge in [-0.15, -0.1) is 11.3 Å². The second-order valence-electron chi connectivity index (χ2n) is 4.61. The zero-order valence-electron chi connectivity index (χ0n) is 12.1. The Morgan fingerprint density at radius 2 is 2.10 bits per heavy atom. The van der Waals surface area contributed by atoms with Gasteiger partial charge in [-0.25, -0.2) is 0 Å². The van der Waals surface area contributed by atoms with E-state index in [9.17, 15) is 4.79 Å². The van der Waals surface area contributed by atoms with Crippen LogP contribution in [0.15, 0.2) is 11.4 Å². The van der Waals surface area contributed by atoms with Crippen LogP contribution < -0.4 is 0 Å². The molecule has 5 heteroatoms. The summed E-state index contributed by atoms with van der Waals surface area (Å²) in [6.45, 7) is 6.83. The first-order chi connectivity index (χ1) is 9.62. The van der Waals surface area contributed by atoms with Crippen molar-refractivity contribution < 1.29 is 4.79 Å². The molecule has 0 atom stereocenters. The molecule has 20 heavy (non-hydrogen) atoms. The Morgan fingerprint density at radius 3 is 2.70 bits per heavy atom. The summed E-state index contributed by atoms with van der Waals surface area (Å²) in [5, 5.41) is 7.08. The summed E-state index contributed by atoms with van der Waals surface area (Å²) in [5.41, 5.74) is 2.83. The number of thiophene rings is 1. The summed E-state index contributed by atoms with van der Waals surface area (Å²) in [5.74, 6) is 0.135. The van der Waals surface area contributed by atoms with Crippen molar-refractivity contribution >= 4 is 28.7 Å². The molecule has 0 aromatic carbocycles. The van der Waals surface area contributed by atoms with Crippen LogP contribution in [0.1, 0.15) is 47.4 Å². The van der Waals surface area contributed by atoms with E-state index in [2.05, 4.69) is 12.0 Å². The molecule has 0 radical (unpaired) electrons. The van der Waals surface area contributed by atoms with Crippen molar-refractivity contribution in [1.29, 1.82) is 0 Å². The number of halogens is 1. The number of carbonyl (C=O) groups excluding carboxylic acids is 1. The minimum atomic E-state index is 0.135. The lowest BCUT2D eigenvalue weighted by Crippen LogP contribution is -2.10. The van der Waals surface area contributed by atoms with Crippen molar-refractivity contribution in [2.24, 2.45) is 0 Å². The second-order valence-corrected chi connectivity index (χ2v) is 5.90. The van der Waals surface area contributed by atoms with Crippen molar-refractivity contribution in [1.82, 2.24) is 9.78 Å². The molecular weight excluding hydrogens is 292 g/mol. The van der Waals surface area contributed by atoms with Gasteiger partial charge in [0.2, 0.25) is 0 Å². The molecule has 0 N–H and O–H groups in total. The highest BCUT2D eigenvalue weighted by atomic mass is 35.5. The smallest absolute Gasteiger partial charge is 0.179 e. The van der Waals surface area contributed by atoms with Crippen molar-refractivity contribution in [3.63, 3.8) is 0 Å². The van der Waals surface area contributed by atoms with E-state index in [4.69, 9.17) is 11.6 Å². The molecule has 2 rings (SSSR count). The third kappa shape index (κ3) is 2.81. The molecule has 108 valence electrons. The zero-order chi connectivity index (χ0) is 14.7. The first-order valence-electron chi connectivity index (χ1n) is 6.95. The molecule has 2 heterocycles. The van der Waals surface area contributed by atoms with Crippen molar-refractivity contribution in [2.75, 3.05) is 0 Å². The third-order valence-electron chi connectivity index (χ3n) is 3.40. The fourth-order valence-corrected chi connectivity index (χ4v) is 3.55. The predicted octanol–water partition coefficient (Wildman–Crippen LogP) is 4.17. The lowest BCUT2D eigenvalue weighted by Gasteiger charge is -2.05. The average Bonchev–Trinajstić information content (AvgIpc) is 3.04. The highest BCUT2D eigenvalue weighted by Crippen LogP contribution is 2.25. The highest BCUT2D eigenvalue weighted by Gasteiger charge is 2.20. The van der Waals surface area contributed by atoms with Gasteiger partial charge in [-0.05, 0) is 36.8 Å². The molecule has 0 unspecified atom stereocenters. The fraction of sp³-hybridized carbons (Fsp3) is 0.467. The predicted molar refractivity (Wildman–Crippen MR) is 84.0 cm³/mol. The molecule has 0 fully saturated rings. The number of aryl methyl sites for hydroxylation is 3. The van der Waals surface area contributed by atoms with Gasteiger partial charge in [-0.3, -0.25) is 9.48 Å². The number of rotatable bonds is 6. The van der Waals surface area contributed by atoms with Crippen LogP contribution in [0.25, 0.3) is 0 Å². The minimum Gasteiger partial charge on any atom is -0.293 e. The Hall–Kier alpha value is -1.13. The monoisotopic (exact) mass is 310 g/mol. The Labute approximate surface area is 128 Å². The van der Waals surface area contributed by atoms with Gasteiger partial charge in [-0.1, -0.05) is 25.4 Å². The third-order valence-corrected chi connectivity index (χ3v) is 4.84. The van der Waals surface area contributed by atoms with Gasteiger partial charge in [0.1, 0.15) is 0 Å². The molecule has 2 aromatic heterocycles. The minimum absolute atomic E-state index is 0.135. The van der Waals surface area contributed by atoms with Crippen LogP contribution in [-0.2, 0) is 25.8 Å². The molecule has 3 nitrogen and oxygen atoms in total. The molecule has 0 amide bonds. The summed E-state index contributed by atoms with van der Waals surface area (Å²) in [7, 11) is 0. The van der Waals surface area contributed by atoms with Crippen LogP contribution in [0, 0.1) is 0 Å². The number of hydrogen-bond acceptors (Lipinski definition) is 3. The fourth-order valence-electron chi connectivity index (χ4n) is 2.28. The lowest BCUT2D eigenvalue weighted by atomic mass is 10.1. The molecular formula is C15H19ClN2OS. The van der Waals surface area contributed by atoms with Gasteiger partial charge < -0.3 is 0 Å². The molecule has 0 saturated heterocycles. The van der Waals surface area contributed by atoms with E-state index in [0.717, 1.165) is 41.2 Å². The van der Waals surface area contributed by atoms with Crippen LogP contribution in [0.2, 0.25) is 5.02 Å². The standard InChI is InChI=1S/C15H19ClN2OS/c1-4-10-7-8-20-15(10)13(19)9-12-14(16)11(5-2)17-18(12)6-3/h7-8H,4-6,9H2,1-3H3. The van der Waals surface area contributed by atoms with E-state index in [-0.39, 0.29) is 5.78 Å². The average molecular weight is 311 g/mol. The topological polar surface area (TPSA) is 34.9 Å². The Bertz CT molecular complexity index is 615. The normalized spacial score (nSPS) is 11.0. The first kappa shape index (κ1) is 15.3. The lowest BCUT2D eigenvalue weighted by molar-refractivity contribution is 0.0993. The summed E-state index contributed by atoms with van der Waals surface area (Å²) >= 11 is 7.87.